The predicted molar refractivity (Wildman–Crippen MR) is 116 cm³/mol. The molecule has 1 saturated carbocycles. The number of carbonyl (C=O) groups is 2. The van der Waals surface area contributed by atoms with Crippen LogP contribution >= 0.6 is 0 Å². The van der Waals surface area contributed by atoms with Crippen LogP contribution in [0.25, 0.3) is 0 Å². The molecule has 1 aliphatic heterocycles. The summed E-state index contributed by atoms with van der Waals surface area (Å²) in [4.78, 5) is 37.8. The highest BCUT2D eigenvalue weighted by Gasteiger charge is 2.45. The van der Waals surface area contributed by atoms with Crippen LogP contribution in [-0.4, -0.2) is 47.2 Å². The van der Waals surface area contributed by atoms with Gasteiger partial charge in [0.25, 0.3) is 0 Å². The Balaban J connectivity index is 1.69. The molecule has 1 aromatic rings. The van der Waals surface area contributed by atoms with Crippen LogP contribution in [0.4, 0.5) is 5.95 Å². The number of hydrogen-bond donors (Lipinski definition) is 2. The number of rotatable bonds is 3. The number of nitrogens with two attached hydrogens (primary N) is 1. The second kappa shape index (κ2) is 8.46. The molecule has 4 rings (SSSR count). The van der Waals surface area contributed by atoms with E-state index >= 15 is 0 Å². The number of allylic oxidation sites excluding steroid dienone is 2. The maximum Gasteiger partial charge on any atom is 0.226 e. The summed E-state index contributed by atoms with van der Waals surface area (Å²) >= 11 is 0. The van der Waals surface area contributed by atoms with Crippen LogP contribution in [0.1, 0.15) is 74.5 Å². The van der Waals surface area contributed by atoms with Crippen molar-refractivity contribution in [3.63, 3.8) is 0 Å². The number of Topliss-reactive ketones (excluding diaryl/α,β-unsaturated/α-hetero) is 2. The van der Waals surface area contributed by atoms with E-state index in [1.165, 1.54) is 0 Å². The standard InChI is InChI=1S/C23H33N5O2/c1-15-13-18(27-22(26-15)28-12-6-11-25-14-16(28)2)20(30)17-7-5-10-23(21(17)24)9-4-3-8-19(23)29/h13,16,25H,3-12,14,24H2,1-2H3/t16-,23+/m0/s1. The van der Waals surface area contributed by atoms with Gasteiger partial charge in [0.05, 0.1) is 5.41 Å². The van der Waals surface area contributed by atoms with Crippen LogP contribution in [0.5, 0.6) is 0 Å². The smallest absolute Gasteiger partial charge is 0.226 e. The molecule has 2 aliphatic carbocycles. The van der Waals surface area contributed by atoms with Crippen molar-refractivity contribution in [1.29, 1.82) is 0 Å². The van der Waals surface area contributed by atoms with Crippen LogP contribution in [0.3, 0.4) is 0 Å². The Morgan fingerprint density at radius 2 is 2.00 bits per heavy atom. The van der Waals surface area contributed by atoms with Crippen molar-refractivity contribution in [2.45, 2.75) is 71.3 Å². The molecule has 7 heteroatoms. The summed E-state index contributed by atoms with van der Waals surface area (Å²) in [6.07, 6.45) is 6.45. The summed E-state index contributed by atoms with van der Waals surface area (Å²) in [5.74, 6) is 0.673. The maximum absolute atomic E-state index is 13.5. The van der Waals surface area contributed by atoms with Crippen molar-refractivity contribution < 1.29 is 9.59 Å². The highest BCUT2D eigenvalue weighted by molar-refractivity contribution is 6.09. The number of nitrogens with one attached hydrogen (secondary N) is 1. The largest absolute Gasteiger partial charge is 0.401 e. The van der Waals surface area contributed by atoms with Crippen molar-refractivity contribution in [3.05, 3.63) is 28.7 Å². The summed E-state index contributed by atoms with van der Waals surface area (Å²) < 4.78 is 0. The Kier molecular flexibility index (Phi) is 5.91. The third-order valence-corrected chi connectivity index (χ3v) is 6.99. The minimum absolute atomic E-state index is 0.141. The molecule has 3 N–H and O–H groups in total. The Labute approximate surface area is 178 Å². The van der Waals surface area contributed by atoms with Gasteiger partial charge in [-0.25, -0.2) is 9.97 Å². The van der Waals surface area contributed by atoms with Crippen LogP contribution in [-0.2, 0) is 4.79 Å². The van der Waals surface area contributed by atoms with Crippen LogP contribution in [0.2, 0.25) is 0 Å². The van der Waals surface area contributed by atoms with Gasteiger partial charge < -0.3 is 16.0 Å². The topological polar surface area (TPSA) is 101 Å². The molecule has 1 spiro atoms. The molecule has 1 saturated heterocycles. The van der Waals surface area contributed by atoms with Crippen LogP contribution in [0, 0.1) is 12.3 Å². The van der Waals surface area contributed by atoms with E-state index in [2.05, 4.69) is 27.1 Å². The SMILES string of the molecule is Cc1cc(C(=O)C2=C(N)[C@]3(CCCCC3=O)CCC2)nc(N2CCCNC[C@@H]2C)n1. The van der Waals surface area contributed by atoms with Gasteiger partial charge in [0.1, 0.15) is 11.5 Å². The molecule has 0 bridgehead atoms. The minimum Gasteiger partial charge on any atom is -0.401 e. The Hall–Kier alpha value is -2.28. The van der Waals surface area contributed by atoms with Gasteiger partial charge >= 0.3 is 0 Å². The molecule has 3 aliphatic rings. The van der Waals surface area contributed by atoms with Gasteiger partial charge in [-0.3, -0.25) is 9.59 Å². The summed E-state index contributed by atoms with van der Waals surface area (Å²) in [5, 5.41) is 3.42. The van der Waals surface area contributed by atoms with Gasteiger partial charge in [-0.05, 0) is 65.0 Å². The van der Waals surface area contributed by atoms with Crippen molar-refractivity contribution in [3.8, 4) is 0 Å². The highest BCUT2D eigenvalue weighted by atomic mass is 16.1. The first-order chi connectivity index (χ1) is 14.4. The minimum atomic E-state index is -0.628. The van der Waals surface area contributed by atoms with Gasteiger partial charge in [-0.15, -0.1) is 0 Å². The van der Waals surface area contributed by atoms with E-state index in [0.717, 1.165) is 63.9 Å². The van der Waals surface area contributed by atoms with E-state index < -0.39 is 5.41 Å². The number of ketones is 2. The number of carbonyl (C=O) groups excluding carboxylic acids is 2. The fraction of sp³-hybridized carbons (Fsp3) is 0.652. The first-order valence-electron chi connectivity index (χ1n) is 11.3. The summed E-state index contributed by atoms with van der Waals surface area (Å²) in [7, 11) is 0. The number of nitrogens with zero attached hydrogens (tertiary/aromatic N) is 3. The zero-order valence-electron chi connectivity index (χ0n) is 18.2. The van der Waals surface area contributed by atoms with E-state index in [4.69, 9.17) is 5.73 Å². The molecule has 2 atom stereocenters. The van der Waals surface area contributed by atoms with Gasteiger partial charge in [0, 0.05) is 42.5 Å². The van der Waals surface area contributed by atoms with Crippen LogP contribution < -0.4 is 16.0 Å². The average Bonchev–Trinajstić information content (AvgIpc) is 2.95. The molecule has 1 aromatic heterocycles. The van der Waals surface area contributed by atoms with Crippen molar-refractivity contribution in [2.75, 3.05) is 24.5 Å². The quantitative estimate of drug-likeness (QED) is 0.737. The Bertz CT molecular complexity index is 880. The monoisotopic (exact) mass is 411 g/mol. The van der Waals surface area contributed by atoms with E-state index in [9.17, 15) is 9.59 Å². The van der Waals surface area contributed by atoms with Crippen LogP contribution in [0.15, 0.2) is 17.3 Å². The van der Waals surface area contributed by atoms with E-state index in [-0.39, 0.29) is 17.6 Å². The van der Waals surface area contributed by atoms with Crippen molar-refractivity contribution in [1.82, 2.24) is 15.3 Å². The summed E-state index contributed by atoms with van der Waals surface area (Å²) in [6.45, 7) is 6.73. The zero-order valence-corrected chi connectivity index (χ0v) is 18.2. The number of anilines is 1. The Morgan fingerprint density at radius 3 is 2.80 bits per heavy atom. The predicted octanol–water partition coefficient (Wildman–Crippen LogP) is 2.68. The normalized spacial score (nSPS) is 28.0. The Morgan fingerprint density at radius 1 is 1.20 bits per heavy atom. The van der Waals surface area contributed by atoms with Gasteiger partial charge in [0.15, 0.2) is 0 Å². The number of hydrogen-bond acceptors (Lipinski definition) is 7. The lowest BCUT2D eigenvalue weighted by Gasteiger charge is -2.40. The maximum atomic E-state index is 13.5. The van der Waals surface area contributed by atoms with Crippen molar-refractivity contribution >= 4 is 17.5 Å². The second-order valence-electron chi connectivity index (χ2n) is 9.08. The van der Waals surface area contributed by atoms with Gasteiger partial charge in [-0.2, -0.15) is 0 Å². The van der Waals surface area contributed by atoms with Gasteiger partial charge in [0.2, 0.25) is 11.7 Å². The molecule has 0 aromatic carbocycles. The van der Waals surface area contributed by atoms with Gasteiger partial charge in [-0.1, -0.05) is 6.42 Å². The molecule has 0 radical (unpaired) electrons. The highest BCUT2D eigenvalue weighted by Crippen LogP contribution is 2.47. The van der Waals surface area contributed by atoms with E-state index in [0.29, 0.717) is 35.8 Å². The number of aromatic nitrogens is 2. The molecular weight excluding hydrogens is 378 g/mol. The summed E-state index contributed by atoms with van der Waals surface area (Å²) in [5.41, 5.74) is 8.18. The lowest BCUT2D eigenvalue weighted by molar-refractivity contribution is -0.129. The lowest BCUT2D eigenvalue weighted by atomic mass is 9.64. The van der Waals surface area contributed by atoms with Crippen molar-refractivity contribution in [2.24, 2.45) is 11.1 Å². The second-order valence-corrected chi connectivity index (χ2v) is 9.08. The molecule has 0 amide bonds. The molecule has 7 nitrogen and oxygen atoms in total. The molecule has 162 valence electrons. The first-order valence-corrected chi connectivity index (χ1v) is 11.3. The zero-order chi connectivity index (χ0) is 21.3. The molecular formula is C23H33N5O2. The molecule has 2 fully saturated rings. The average molecular weight is 412 g/mol. The fourth-order valence-corrected chi connectivity index (χ4v) is 5.27. The van der Waals surface area contributed by atoms with E-state index in [1.807, 2.05) is 6.92 Å². The molecule has 2 heterocycles. The fourth-order valence-electron chi connectivity index (χ4n) is 5.27. The first kappa shape index (κ1) is 21.0. The molecule has 30 heavy (non-hydrogen) atoms. The lowest BCUT2D eigenvalue weighted by Crippen LogP contribution is -2.42. The third kappa shape index (κ3) is 3.75. The molecule has 0 unspecified atom stereocenters. The van der Waals surface area contributed by atoms with E-state index in [1.54, 1.807) is 6.07 Å². The summed E-state index contributed by atoms with van der Waals surface area (Å²) in [6, 6.07) is 2.00. The number of aryl methyl sites for hydroxylation is 1. The third-order valence-electron chi connectivity index (χ3n) is 6.99.